The summed E-state index contributed by atoms with van der Waals surface area (Å²) >= 11 is 0. The predicted molar refractivity (Wildman–Crippen MR) is 143 cm³/mol. The number of carboxylic acids is 1. The molecule has 14 heteroatoms. The van der Waals surface area contributed by atoms with Crippen molar-refractivity contribution in [1.82, 2.24) is 34.3 Å². The smallest absolute Gasteiger partial charge is 0.303 e. The number of aliphatic carboxylic acids is 1. The highest BCUT2D eigenvalue weighted by atomic mass is 16.5. The Morgan fingerprint density at radius 3 is 2.56 bits per heavy atom. The number of methoxy groups -OCH3 is 1. The van der Waals surface area contributed by atoms with E-state index >= 15 is 0 Å². The molecule has 1 saturated heterocycles. The van der Waals surface area contributed by atoms with E-state index in [9.17, 15) is 9.90 Å². The van der Waals surface area contributed by atoms with E-state index in [2.05, 4.69) is 42.1 Å². The summed E-state index contributed by atoms with van der Waals surface area (Å²) in [6.45, 7) is 6.21. The Balaban J connectivity index is 1.19. The number of carbonyl (C=O) groups is 1. The van der Waals surface area contributed by atoms with Crippen molar-refractivity contribution >= 4 is 34.3 Å². The second kappa shape index (κ2) is 11.8. The Hall–Kier alpha value is -4.01. The fourth-order valence-electron chi connectivity index (χ4n) is 4.63. The summed E-state index contributed by atoms with van der Waals surface area (Å²) in [5.74, 6) is 0.0645. The molecule has 0 amide bonds. The van der Waals surface area contributed by atoms with E-state index in [1.54, 1.807) is 18.0 Å². The van der Waals surface area contributed by atoms with Crippen LogP contribution in [0.1, 0.15) is 24.8 Å². The zero-order chi connectivity index (χ0) is 27.4. The van der Waals surface area contributed by atoms with Gasteiger partial charge < -0.3 is 30.3 Å². The number of piperazine rings is 1. The van der Waals surface area contributed by atoms with Crippen LogP contribution in [0, 0.1) is 0 Å². The Kier molecular flexibility index (Phi) is 8.05. The number of aromatic nitrogens is 6. The number of ether oxygens (including phenoxy) is 2. The van der Waals surface area contributed by atoms with Crippen molar-refractivity contribution < 1.29 is 24.5 Å². The van der Waals surface area contributed by atoms with Gasteiger partial charge in [-0.25, -0.2) is 9.67 Å². The van der Waals surface area contributed by atoms with Gasteiger partial charge in [-0.3, -0.25) is 9.69 Å². The number of aliphatic hydroxyl groups excluding tert-OH is 1. The van der Waals surface area contributed by atoms with Gasteiger partial charge >= 0.3 is 5.97 Å². The first-order valence-electron chi connectivity index (χ1n) is 12.9. The standard InChI is InChI=1S/C25H33N9O5/c1-38-14-15-39-18-4-2-17(3-5-18)32-11-8-31(9-12-32)10-13-33-23-19(16-27-33)24-28-22(20(35)6-7-21(36)37)30-34(24)25(26)29-23/h2-5,16,20,35H,6-15H2,1H3,(H2,26,29)(H,36,37)/t20-/m1/s1. The summed E-state index contributed by atoms with van der Waals surface area (Å²) in [6.07, 6.45) is 0.364. The van der Waals surface area contributed by atoms with E-state index in [0.717, 1.165) is 38.5 Å². The van der Waals surface area contributed by atoms with E-state index in [1.807, 2.05) is 12.1 Å². The van der Waals surface area contributed by atoms with Gasteiger partial charge in [0, 0.05) is 51.9 Å². The molecule has 4 aromatic rings. The topological polar surface area (TPSA) is 169 Å². The van der Waals surface area contributed by atoms with E-state index in [1.165, 1.54) is 10.2 Å². The lowest BCUT2D eigenvalue weighted by atomic mass is 10.2. The molecule has 0 aliphatic carbocycles. The molecule has 0 radical (unpaired) electrons. The second-order valence-corrected chi connectivity index (χ2v) is 9.39. The van der Waals surface area contributed by atoms with Crippen molar-refractivity contribution in [2.24, 2.45) is 0 Å². The third-order valence-electron chi connectivity index (χ3n) is 6.80. The lowest BCUT2D eigenvalue weighted by Crippen LogP contribution is -2.47. The first-order valence-corrected chi connectivity index (χ1v) is 12.9. The van der Waals surface area contributed by atoms with E-state index in [0.29, 0.717) is 36.4 Å². The zero-order valence-corrected chi connectivity index (χ0v) is 21.8. The number of benzene rings is 1. The number of nitrogens with zero attached hydrogens (tertiary/aromatic N) is 8. The summed E-state index contributed by atoms with van der Waals surface area (Å²) in [4.78, 5) is 24.5. The summed E-state index contributed by atoms with van der Waals surface area (Å²) in [5.41, 5.74) is 8.33. The van der Waals surface area contributed by atoms with Gasteiger partial charge in [0.25, 0.3) is 0 Å². The molecule has 5 rings (SSSR count). The van der Waals surface area contributed by atoms with Gasteiger partial charge in [-0.05, 0) is 30.7 Å². The molecule has 0 saturated carbocycles. The minimum Gasteiger partial charge on any atom is -0.491 e. The fraction of sp³-hybridized carbons (Fsp3) is 0.480. The number of anilines is 2. The summed E-state index contributed by atoms with van der Waals surface area (Å²) in [6, 6.07) is 8.16. The third kappa shape index (κ3) is 6.02. The highest BCUT2D eigenvalue weighted by Crippen LogP contribution is 2.24. The summed E-state index contributed by atoms with van der Waals surface area (Å²) < 4.78 is 13.8. The maximum absolute atomic E-state index is 10.8. The van der Waals surface area contributed by atoms with Gasteiger partial charge in [-0.1, -0.05) is 0 Å². The lowest BCUT2D eigenvalue weighted by Gasteiger charge is -2.36. The van der Waals surface area contributed by atoms with Crippen molar-refractivity contribution in [1.29, 1.82) is 0 Å². The number of fused-ring (bicyclic) bond motifs is 3. The second-order valence-electron chi connectivity index (χ2n) is 9.39. The molecule has 39 heavy (non-hydrogen) atoms. The first kappa shape index (κ1) is 26.6. The van der Waals surface area contributed by atoms with Gasteiger partial charge in [-0.15, -0.1) is 5.10 Å². The van der Waals surface area contributed by atoms with E-state index < -0.39 is 12.1 Å². The number of nitrogen functional groups attached to an aromatic ring is 1. The molecule has 0 bridgehead atoms. The molecule has 14 nitrogen and oxygen atoms in total. The fourth-order valence-corrected chi connectivity index (χ4v) is 4.63. The molecule has 1 fully saturated rings. The average molecular weight is 540 g/mol. The molecular weight excluding hydrogens is 506 g/mol. The largest absolute Gasteiger partial charge is 0.491 e. The van der Waals surface area contributed by atoms with E-state index in [-0.39, 0.29) is 24.6 Å². The van der Waals surface area contributed by atoms with E-state index in [4.69, 9.17) is 20.3 Å². The SMILES string of the molecule is COCCOc1ccc(N2CCN(CCn3ncc4c3nc(N)n3nc([C@H](O)CCC(=O)O)nc43)CC2)cc1. The quantitative estimate of drug-likeness (QED) is 0.217. The average Bonchev–Trinajstić information content (AvgIpc) is 3.57. The van der Waals surface area contributed by atoms with Crippen molar-refractivity contribution in [2.45, 2.75) is 25.5 Å². The van der Waals surface area contributed by atoms with Crippen molar-refractivity contribution in [2.75, 3.05) is 63.7 Å². The number of nitrogens with two attached hydrogens (primary N) is 1. The lowest BCUT2D eigenvalue weighted by molar-refractivity contribution is -0.137. The van der Waals surface area contributed by atoms with Gasteiger partial charge in [0.15, 0.2) is 17.1 Å². The highest BCUT2D eigenvalue weighted by Gasteiger charge is 2.21. The van der Waals surface area contributed by atoms with Crippen LogP contribution >= 0.6 is 0 Å². The third-order valence-corrected chi connectivity index (χ3v) is 6.80. The van der Waals surface area contributed by atoms with Crippen LogP contribution in [0.5, 0.6) is 5.75 Å². The molecule has 1 aliphatic rings. The Morgan fingerprint density at radius 1 is 1.08 bits per heavy atom. The summed E-state index contributed by atoms with van der Waals surface area (Å²) in [5, 5.41) is 28.6. The van der Waals surface area contributed by atoms with Crippen molar-refractivity contribution in [3.05, 3.63) is 36.3 Å². The molecule has 0 spiro atoms. The number of hydrogen-bond donors (Lipinski definition) is 3. The molecular formula is C25H33N9O5. The normalized spacial score (nSPS) is 15.3. The van der Waals surface area contributed by atoms with Crippen LogP contribution in [0.3, 0.4) is 0 Å². The predicted octanol–water partition coefficient (Wildman–Crippen LogP) is 0.802. The van der Waals surface area contributed by atoms with Gasteiger partial charge in [0.2, 0.25) is 5.95 Å². The molecule has 1 aromatic carbocycles. The van der Waals surface area contributed by atoms with Gasteiger partial charge in [0.1, 0.15) is 18.5 Å². The minimum atomic E-state index is -1.11. The zero-order valence-electron chi connectivity index (χ0n) is 21.8. The first-order chi connectivity index (χ1) is 18.9. The molecule has 4 N–H and O–H groups in total. The highest BCUT2D eigenvalue weighted by molar-refractivity contribution is 5.89. The number of aliphatic hydroxyl groups is 1. The van der Waals surface area contributed by atoms with Crippen LogP contribution in [-0.2, 0) is 16.1 Å². The van der Waals surface area contributed by atoms with Crippen molar-refractivity contribution in [3.63, 3.8) is 0 Å². The van der Waals surface area contributed by atoms with Crippen LogP contribution in [0.2, 0.25) is 0 Å². The van der Waals surface area contributed by atoms with Gasteiger partial charge in [0.05, 0.1) is 24.7 Å². The van der Waals surface area contributed by atoms with Crippen molar-refractivity contribution in [3.8, 4) is 5.75 Å². The number of rotatable bonds is 12. The number of hydrogen-bond acceptors (Lipinski definition) is 11. The molecule has 1 aliphatic heterocycles. The molecule has 0 unspecified atom stereocenters. The number of carboxylic acid groups (broad SMARTS) is 1. The molecule has 3 aromatic heterocycles. The maximum atomic E-state index is 10.8. The molecule has 1 atom stereocenters. The monoisotopic (exact) mass is 539 g/mol. The maximum Gasteiger partial charge on any atom is 0.303 e. The summed E-state index contributed by atoms with van der Waals surface area (Å²) in [7, 11) is 1.66. The van der Waals surface area contributed by atoms with Crippen LogP contribution in [0.4, 0.5) is 11.6 Å². The minimum absolute atomic E-state index is 0.00379. The van der Waals surface area contributed by atoms with Crippen LogP contribution < -0.4 is 15.4 Å². The molecule has 4 heterocycles. The Bertz CT molecular complexity index is 1410. The van der Waals surface area contributed by atoms with Crippen LogP contribution in [0.25, 0.3) is 16.7 Å². The van der Waals surface area contributed by atoms with Crippen LogP contribution in [-0.4, -0.2) is 103 Å². The Labute approximate surface area is 224 Å². The van der Waals surface area contributed by atoms with Crippen LogP contribution in [0.15, 0.2) is 30.5 Å². The van der Waals surface area contributed by atoms with Gasteiger partial charge in [-0.2, -0.15) is 14.6 Å². The molecule has 208 valence electrons. The Morgan fingerprint density at radius 2 is 1.85 bits per heavy atom.